The lowest BCUT2D eigenvalue weighted by molar-refractivity contribution is 0.0696. The van der Waals surface area contributed by atoms with E-state index in [2.05, 4.69) is 15.4 Å². The molecule has 1 N–H and O–H groups in total. The fourth-order valence-electron chi connectivity index (χ4n) is 1.45. The van der Waals surface area contributed by atoms with Gasteiger partial charge in [-0.05, 0) is 23.4 Å². The number of methoxy groups -OCH3 is 1. The molecule has 0 radical (unpaired) electrons. The minimum Gasteiger partial charge on any atom is -0.493 e. The first-order valence-electron chi connectivity index (χ1n) is 5.37. The van der Waals surface area contributed by atoms with Crippen LogP contribution in [-0.2, 0) is 13.7 Å². The molecule has 8 heteroatoms. The molecule has 0 saturated heterocycles. The van der Waals surface area contributed by atoms with Gasteiger partial charge in [-0.15, -0.1) is 10.2 Å². The van der Waals surface area contributed by atoms with Crippen LogP contribution >= 0.6 is 0 Å². The van der Waals surface area contributed by atoms with Crippen LogP contribution in [0.4, 0.5) is 0 Å². The average molecular weight is 264 g/mol. The molecule has 1 aromatic carbocycles. The second-order valence-electron chi connectivity index (χ2n) is 3.65. The molecule has 1 aromatic heterocycles. The Hall–Kier alpha value is -2.64. The summed E-state index contributed by atoms with van der Waals surface area (Å²) < 4.78 is 10.5. The molecule has 0 bridgehead atoms. The molecule has 2 rings (SSSR count). The summed E-state index contributed by atoms with van der Waals surface area (Å²) in [6.07, 6.45) is 0. The minimum absolute atomic E-state index is 0.0767. The average Bonchev–Trinajstić information content (AvgIpc) is 2.81. The van der Waals surface area contributed by atoms with Crippen molar-refractivity contribution in [3.63, 3.8) is 0 Å². The van der Waals surface area contributed by atoms with E-state index < -0.39 is 5.97 Å². The van der Waals surface area contributed by atoms with Crippen molar-refractivity contribution in [1.82, 2.24) is 20.2 Å². The van der Waals surface area contributed by atoms with Crippen LogP contribution < -0.4 is 9.47 Å². The Labute approximate surface area is 108 Å². The quantitative estimate of drug-likeness (QED) is 0.839. The molecule has 2 aromatic rings. The van der Waals surface area contributed by atoms with Crippen LogP contribution in [0.1, 0.15) is 16.2 Å². The minimum atomic E-state index is -1.04. The fraction of sp³-hybridized carbons (Fsp3) is 0.273. The topological polar surface area (TPSA) is 99.4 Å². The van der Waals surface area contributed by atoms with E-state index in [0.29, 0.717) is 17.3 Å². The fourth-order valence-corrected chi connectivity index (χ4v) is 1.45. The molecule has 0 unspecified atom stereocenters. The molecular weight excluding hydrogens is 252 g/mol. The number of carbonyl (C=O) groups is 1. The van der Waals surface area contributed by atoms with Crippen molar-refractivity contribution < 1.29 is 19.4 Å². The normalized spacial score (nSPS) is 10.2. The number of hydrogen-bond donors (Lipinski definition) is 1. The van der Waals surface area contributed by atoms with Crippen molar-refractivity contribution >= 4 is 5.97 Å². The highest BCUT2D eigenvalue weighted by Gasteiger charge is 2.11. The molecule has 0 saturated carbocycles. The van der Waals surface area contributed by atoms with Crippen LogP contribution in [0, 0.1) is 0 Å². The second-order valence-corrected chi connectivity index (χ2v) is 3.65. The van der Waals surface area contributed by atoms with Crippen LogP contribution in [0.5, 0.6) is 11.5 Å². The Balaban J connectivity index is 2.17. The van der Waals surface area contributed by atoms with E-state index in [1.807, 2.05) is 0 Å². The van der Waals surface area contributed by atoms with Crippen LogP contribution in [0.3, 0.4) is 0 Å². The summed E-state index contributed by atoms with van der Waals surface area (Å²) >= 11 is 0. The Morgan fingerprint density at radius 1 is 1.42 bits per heavy atom. The SMILES string of the molecule is COc1ccc(C(=O)O)cc1OCc1nnn(C)n1. The zero-order chi connectivity index (χ0) is 13.8. The Morgan fingerprint density at radius 3 is 2.79 bits per heavy atom. The van der Waals surface area contributed by atoms with Crippen LogP contribution in [0.2, 0.25) is 0 Å². The number of nitrogens with zero attached hydrogens (tertiary/aromatic N) is 4. The Morgan fingerprint density at radius 2 is 2.21 bits per heavy atom. The predicted molar refractivity (Wildman–Crippen MR) is 63.1 cm³/mol. The van der Waals surface area contributed by atoms with E-state index in [1.165, 1.54) is 30.1 Å². The van der Waals surface area contributed by atoms with Gasteiger partial charge < -0.3 is 14.6 Å². The summed E-state index contributed by atoms with van der Waals surface area (Å²) in [5, 5.41) is 20.3. The number of carboxylic acid groups (broad SMARTS) is 1. The first-order valence-corrected chi connectivity index (χ1v) is 5.37. The summed E-state index contributed by atoms with van der Waals surface area (Å²) in [6, 6.07) is 4.36. The van der Waals surface area contributed by atoms with Gasteiger partial charge in [-0.1, -0.05) is 0 Å². The number of aryl methyl sites for hydroxylation is 1. The van der Waals surface area contributed by atoms with Gasteiger partial charge >= 0.3 is 5.97 Å². The van der Waals surface area contributed by atoms with Gasteiger partial charge in [-0.25, -0.2) is 4.79 Å². The van der Waals surface area contributed by atoms with E-state index in [-0.39, 0.29) is 12.2 Å². The Kier molecular flexibility index (Phi) is 3.60. The first kappa shape index (κ1) is 12.8. The monoisotopic (exact) mass is 264 g/mol. The molecule has 0 spiro atoms. The maximum Gasteiger partial charge on any atom is 0.335 e. The zero-order valence-corrected chi connectivity index (χ0v) is 10.4. The van der Waals surface area contributed by atoms with Gasteiger partial charge in [0.1, 0.15) is 0 Å². The molecule has 0 atom stereocenters. The first-order chi connectivity index (χ1) is 9.10. The largest absolute Gasteiger partial charge is 0.493 e. The third-order valence-corrected chi connectivity index (χ3v) is 2.32. The van der Waals surface area contributed by atoms with Crippen molar-refractivity contribution in [3.8, 4) is 11.5 Å². The van der Waals surface area contributed by atoms with Crippen LogP contribution in [0.15, 0.2) is 18.2 Å². The van der Waals surface area contributed by atoms with Crippen molar-refractivity contribution in [3.05, 3.63) is 29.6 Å². The number of tetrazole rings is 1. The third kappa shape index (κ3) is 2.97. The molecule has 0 fully saturated rings. The lowest BCUT2D eigenvalue weighted by atomic mass is 10.2. The maximum absolute atomic E-state index is 10.9. The van der Waals surface area contributed by atoms with Crippen LogP contribution in [-0.4, -0.2) is 38.4 Å². The molecule has 8 nitrogen and oxygen atoms in total. The third-order valence-electron chi connectivity index (χ3n) is 2.32. The zero-order valence-electron chi connectivity index (χ0n) is 10.4. The lowest BCUT2D eigenvalue weighted by Crippen LogP contribution is -2.03. The number of aromatic nitrogens is 4. The van der Waals surface area contributed by atoms with Gasteiger partial charge in [0.15, 0.2) is 18.1 Å². The molecular formula is C11H12N4O4. The summed E-state index contributed by atoms with van der Waals surface area (Å²) in [5.74, 6) is 0.110. The van der Waals surface area contributed by atoms with Gasteiger partial charge in [-0.2, -0.15) is 4.80 Å². The van der Waals surface area contributed by atoms with E-state index in [9.17, 15) is 4.79 Å². The molecule has 0 aliphatic heterocycles. The van der Waals surface area contributed by atoms with Gasteiger partial charge in [0.05, 0.1) is 19.7 Å². The van der Waals surface area contributed by atoms with E-state index >= 15 is 0 Å². The number of carboxylic acids is 1. The van der Waals surface area contributed by atoms with Crippen molar-refractivity contribution in [2.75, 3.05) is 7.11 Å². The highest BCUT2D eigenvalue weighted by molar-refractivity contribution is 5.88. The number of ether oxygens (including phenoxy) is 2. The number of hydrogen-bond acceptors (Lipinski definition) is 6. The van der Waals surface area contributed by atoms with Crippen LogP contribution in [0.25, 0.3) is 0 Å². The molecule has 1 heterocycles. The molecule has 0 aliphatic carbocycles. The lowest BCUT2D eigenvalue weighted by Gasteiger charge is -2.09. The Bertz CT molecular complexity index is 596. The number of benzene rings is 1. The van der Waals surface area contributed by atoms with Crippen molar-refractivity contribution in [1.29, 1.82) is 0 Å². The predicted octanol–water partition coefficient (Wildman–Crippen LogP) is 0.496. The number of aromatic carboxylic acids is 1. The van der Waals surface area contributed by atoms with Gasteiger partial charge in [0, 0.05) is 0 Å². The highest BCUT2D eigenvalue weighted by atomic mass is 16.5. The molecule has 0 amide bonds. The summed E-state index contributed by atoms with van der Waals surface area (Å²) in [7, 11) is 3.12. The highest BCUT2D eigenvalue weighted by Crippen LogP contribution is 2.28. The van der Waals surface area contributed by atoms with Gasteiger partial charge in [-0.3, -0.25) is 0 Å². The van der Waals surface area contributed by atoms with E-state index in [4.69, 9.17) is 14.6 Å². The van der Waals surface area contributed by atoms with Crippen molar-refractivity contribution in [2.24, 2.45) is 7.05 Å². The molecule has 19 heavy (non-hydrogen) atoms. The maximum atomic E-state index is 10.9. The summed E-state index contributed by atoms with van der Waals surface area (Å²) in [6.45, 7) is 0.0767. The standard InChI is InChI=1S/C11H12N4O4/c1-15-13-10(12-14-15)6-19-9-5-7(11(16)17)3-4-8(9)18-2/h3-5H,6H2,1-2H3,(H,16,17). The van der Waals surface area contributed by atoms with Gasteiger partial charge in [0.2, 0.25) is 5.82 Å². The summed E-state index contributed by atoms with van der Waals surface area (Å²) in [5.41, 5.74) is 0.114. The summed E-state index contributed by atoms with van der Waals surface area (Å²) in [4.78, 5) is 12.2. The van der Waals surface area contributed by atoms with Gasteiger partial charge in [0.25, 0.3) is 0 Å². The molecule has 0 aliphatic rings. The second kappa shape index (κ2) is 5.34. The van der Waals surface area contributed by atoms with Crippen molar-refractivity contribution in [2.45, 2.75) is 6.61 Å². The van der Waals surface area contributed by atoms with E-state index in [1.54, 1.807) is 7.05 Å². The smallest absolute Gasteiger partial charge is 0.335 e. The number of rotatable bonds is 5. The molecule has 100 valence electrons. The van der Waals surface area contributed by atoms with E-state index in [0.717, 1.165) is 0 Å².